The molecule has 0 saturated heterocycles. The Labute approximate surface area is 108 Å². The van der Waals surface area contributed by atoms with Crippen molar-refractivity contribution in [3.8, 4) is 5.75 Å². The number of hydrogen-bond acceptors (Lipinski definition) is 3. The summed E-state index contributed by atoms with van der Waals surface area (Å²) in [5, 5.41) is 0. The molecule has 0 aromatic heterocycles. The average Bonchev–Trinajstić information content (AvgIpc) is 2.33. The Morgan fingerprint density at radius 2 is 2.11 bits per heavy atom. The van der Waals surface area contributed by atoms with E-state index in [1.807, 2.05) is 19.9 Å². The molecule has 2 N–H and O–H groups in total. The van der Waals surface area contributed by atoms with E-state index in [1.54, 1.807) is 13.2 Å². The number of nitrogens with two attached hydrogens (primary N) is 1. The predicted octanol–water partition coefficient (Wildman–Crippen LogP) is 2.52. The summed E-state index contributed by atoms with van der Waals surface area (Å²) in [6, 6.07) is 5.07. The normalized spacial score (nSPS) is 14.3. The number of halogens is 1. The van der Waals surface area contributed by atoms with Crippen LogP contribution in [0.3, 0.4) is 0 Å². The standard InChI is InChI=1S/C14H22FNO2/c1-4-12(16)7-11-5-6-14(13(15)8-11)18-10(2)9-17-3/h5-6,8,10,12H,4,7,9,16H2,1-3H3. The molecule has 0 spiro atoms. The summed E-state index contributed by atoms with van der Waals surface area (Å²) < 4.78 is 24.2. The van der Waals surface area contributed by atoms with Crippen LogP contribution in [0.1, 0.15) is 25.8 Å². The van der Waals surface area contributed by atoms with Crippen molar-refractivity contribution < 1.29 is 13.9 Å². The maximum absolute atomic E-state index is 13.8. The Morgan fingerprint density at radius 3 is 2.67 bits per heavy atom. The summed E-state index contributed by atoms with van der Waals surface area (Å²) in [4.78, 5) is 0. The SMILES string of the molecule is CCC(N)Cc1ccc(OC(C)COC)c(F)c1. The third-order valence-electron chi connectivity index (χ3n) is 2.75. The van der Waals surface area contributed by atoms with E-state index in [0.29, 0.717) is 13.0 Å². The van der Waals surface area contributed by atoms with Crippen LogP contribution < -0.4 is 10.5 Å². The number of methoxy groups -OCH3 is 1. The van der Waals surface area contributed by atoms with Crippen molar-refractivity contribution in [2.45, 2.75) is 38.8 Å². The van der Waals surface area contributed by atoms with Gasteiger partial charge in [0, 0.05) is 13.2 Å². The number of benzene rings is 1. The molecule has 3 nitrogen and oxygen atoms in total. The maximum atomic E-state index is 13.8. The lowest BCUT2D eigenvalue weighted by atomic mass is 10.0. The molecule has 0 aliphatic heterocycles. The van der Waals surface area contributed by atoms with Gasteiger partial charge in [-0.2, -0.15) is 0 Å². The van der Waals surface area contributed by atoms with Gasteiger partial charge >= 0.3 is 0 Å². The van der Waals surface area contributed by atoms with Crippen molar-refractivity contribution in [2.75, 3.05) is 13.7 Å². The highest BCUT2D eigenvalue weighted by Crippen LogP contribution is 2.20. The van der Waals surface area contributed by atoms with Crippen LogP contribution >= 0.6 is 0 Å². The summed E-state index contributed by atoms with van der Waals surface area (Å²) in [6.07, 6.45) is 1.39. The molecule has 0 bridgehead atoms. The molecule has 4 heteroatoms. The fourth-order valence-corrected chi connectivity index (χ4v) is 1.70. The molecule has 2 unspecified atom stereocenters. The first-order chi connectivity index (χ1) is 8.56. The molecule has 2 atom stereocenters. The van der Waals surface area contributed by atoms with Crippen molar-refractivity contribution in [2.24, 2.45) is 5.73 Å². The van der Waals surface area contributed by atoms with E-state index in [-0.39, 0.29) is 23.7 Å². The minimum absolute atomic E-state index is 0.0728. The monoisotopic (exact) mass is 255 g/mol. The molecule has 1 rings (SSSR count). The third-order valence-corrected chi connectivity index (χ3v) is 2.75. The Hall–Kier alpha value is -1.13. The van der Waals surface area contributed by atoms with Gasteiger partial charge in [-0.05, 0) is 37.5 Å². The first kappa shape index (κ1) is 14.9. The van der Waals surface area contributed by atoms with Crippen LogP contribution in [-0.2, 0) is 11.2 Å². The van der Waals surface area contributed by atoms with E-state index in [4.69, 9.17) is 15.2 Å². The van der Waals surface area contributed by atoms with Gasteiger partial charge in [-0.15, -0.1) is 0 Å². The molecule has 1 aromatic carbocycles. The Bertz CT molecular complexity index is 371. The van der Waals surface area contributed by atoms with Gasteiger partial charge in [-0.3, -0.25) is 0 Å². The fraction of sp³-hybridized carbons (Fsp3) is 0.571. The second-order valence-corrected chi connectivity index (χ2v) is 4.52. The van der Waals surface area contributed by atoms with Crippen LogP contribution in [-0.4, -0.2) is 25.9 Å². The van der Waals surface area contributed by atoms with Crippen molar-refractivity contribution in [3.63, 3.8) is 0 Å². The molecule has 1 aromatic rings. The Morgan fingerprint density at radius 1 is 1.39 bits per heavy atom. The molecule has 18 heavy (non-hydrogen) atoms. The van der Waals surface area contributed by atoms with Crippen molar-refractivity contribution in [1.29, 1.82) is 0 Å². The van der Waals surface area contributed by atoms with Gasteiger partial charge in [0.05, 0.1) is 6.61 Å². The minimum Gasteiger partial charge on any atom is -0.485 e. The molecule has 0 fully saturated rings. The summed E-state index contributed by atoms with van der Waals surface area (Å²) in [6.45, 7) is 4.29. The van der Waals surface area contributed by atoms with E-state index in [0.717, 1.165) is 12.0 Å². The molecule has 0 aliphatic rings. The van der Waals surface area contributed by atoms with E-state index in [9.17, 15) is 4.39 Å². The van der Waals surface area contributed by atoms with Crippen molar-refractivity contribution in [1.82, 2.24) is 0 Å². The van der Waals surface area contributed by atoms with E-state index < -0.39 is 0 Å². The topological polar surface area (TPSA) is 44.5 Å². The smallest absolute Gasteiger partial charge is 0.165 e. The second-order valence-electron chi connectivity index (χ2n) is 4.52. The van der Waals surface area contributed by atoms with Crippen molar-refractivity contribution in [3.05, 3.63) is 29.6 Å². The molecule has 0 amide bonds. The summed E-state index contributed by atoms with van der Waals surface area (Å²) in [5.74, 6) is -0.0906. The van der Waals surface area contributed by atoms with Gasteiger partial charge in [0.1, 0.15) is 6.10 Å². The third kappa shape index (κ3) is 4.63. The molecule has 0 saturated carbocycles. The Kier molecular flexibility index (Phi) is 6.09. The van der Waals surface area contributed by atoms with Crippen LogP contribution in [0.2, 0.25) is 0 Å². The zero-order valence-corrected chi connectivity index (χ0v) is 11.3. The molecule has 0 heterocycles. The molecular weight excluding hydrogens is 233 g/mol. The zero-order chi connectivity index (χ0) is 13.5. The first-order valence-electron chi connectivity index (χ1n) is 6.26. The van der Waals surface area contributed by atoms with Gasteiger partial charge in [0.2, 0.25) is 0 Å². The van der Waals surface area contributed by atoms with Gasteiger partial charge in [-0.1, -0.05) is 13.0 Å². The van der Waals surface area contributed by atoms with E-state index in [2.05, 4.69) is 0 Å². The van der Waals surface area contributed by atoms with Crippen LogP contribution in [0.5, 0.6) is 5.75 Å². The van der Waals surface area contributed by atoms with Crippen molar-refractivity contribution >= 4 is 0 Å². The lowest BCUT2D eigenvalue weighted by Crippen LogP contribution is -2.21. The second kappa shape index (κ2) is 7.34. The average molecular weight is 255 g/mol. The predicted molar refractivity (Wildman–Crippen MR) is 70.3 cm³/mol. The lowest BCUT2D eigenvalue weighted by molar-refractivity contribution is 0.0892. The zero-order valence-electron chi connectivity index (χ0n) is 11.3. The highest BCUT2D eigenvalue weighted by Gasteiger charge is 2.10. The fourth-order valence-electron chi connectivity index (χ4n) is 1.70. The maximum Gasteiger partial charge on any atom is 0.165 e. The van der Waals surface area contributed by atoms with Gasteiger partial charge < -0.3 is 15.2 Å². The van der Waals surface area contributed by atoms with Gasteiger partial charge in [0.25, 0.3) is 0 Å². The number of ether oxygens (including phenoxy) is 2. The lowest BCUT2D eigenvalue weighted by Gasteiger charge is -2.15. The van der Waals surface area contributed by atoms with Crippen LogP contribution in [0.25, 0.3) is 0 Å². The summed E-state index contributed by atoms with van der Waals surface area (Å²) in [7, 11) is 1.59. The van der Waals surface area contributed by atoms with Crippen LogP contribution in [0.4, 0.5) is 4.39 Å². The number of hydrogen-bond donors (Lipinski definition) is 1. The highest BCUT2D eigenvalue weighted by atomic mass is 19.1. The number of rotatable bonds is 7. The molecule has 102 valence electrons. The Balaban J connectivity index is 2.67. The minimum atomic E-state index is -0.348. The molecular formula is C14H22FNO2. The van der Waals surface area contributed by atoms with Gasteiger partial charge in [0.15, 0.2) is 11.6 Å². The molecule has 0 aliphatic carbocycles. The quantitative estimate of drug-likeness (QED) is 0.814. The summed E-state index contributed by atoms with van der Waals surface area (Å²) >= 11 is 0. The summed E-state index contributed by atoms with van der Waals surface area (Å²) in [5.41, 5.74) is 6.74. The first-order valence-corrected chi connectivity index (χ1v) is 6.26. The highest BCUT2D eigenvalue weighted by molar-refractivity contribution is 5.30. The van der Waals surface area contributed by atoms with E-state index >= 15 is 0 Å². The largest absolute Gasteiger partial charge is 0.485 e. The van der Waals surface area contributed by atoms with E-state index in [1.165, 1.54) is 6.07 Å². The van der Waals surface area contributed by atoms with Crippen LogP contribution in [0.15, 0.2) is 18.2 Å². The van der Waals surface area contributed by atoms with Crippen LogP contribution in [0, 0.1) is 5.82 Å². The van der Waals surface area contributed by atoms with Gasteiger partial charge in [-0.25, -0.2) is 4.39 Å². The molecule has 0 radical (unpaired) electrons.